The zero-order chi connectivity index (χ0) is 15.5. The van der Waals surface area contributed by atoms with Crippen LogP contribution < -0.4 is 4.74 Å². The number of hydrogen-bond donors (Lipinski definition) is 2. The van der Waals surface area contributed by atoms with E-state index in [1.165, 1.54) is 6.07 Å². The van der Waals surface area contributed by atoms with Gasteiger partial charge in [-0.2, -0.15) is 5.10 Å². The van der Waals surface area contributed by atoms with Crippen LogP contribution in [0, 0.1) is 0 Å². The lowest BCUT2D eigenvalue weighted by atomic mass is 10.1. The number of rotatable bonds is 4. The lowest BCUT2D eigenvalue weighted by Gasteiger charge is -2.01. The molecule has 0 saturated heterocycles. The molecule has 1 heterocycles. The van der Waals surface area contributed by atoms with Crippen LogP contribution >= 0.6 is 0 Å². The molecular formula is C16H13N3O3. The fourth-order valence-corrected chi connectivity index (χ4v) is 2.08. The molecule has 3 rings (SSSR count). The van der Waals surface area contributed by atoms with Gasteiger partial charge in [0.25, 0.3) is 0 Å². The first-order chi connectivity index (χ1) is 10.7. The third-order valence-electron chi connectivity index (χ3n) is 3.20. The van der Waals surface area contributed by atoms with Gasteiger partial charge in [0.15, 0.2) is 11.6 Å². The predicted molar refractivity (Wildman–Crippen MR) is 80.8 cm³/mol. The van der Waals surface area contributed by atoms with E-state index in [2.05, 4.69) is 15.2 Å². The summed E-state index contributed by atoms with van der Waals surface area (Å²) in [6.45, 7) is 0. The summed E-state index contributed by atoms with van der Waals surface area (Å²) in [6, 6.07) is 13.9. The van der Waals surface area contributed by atoms with Gasteiger partial charge in [-0.3, -0.25) is 5.10 Å². The zero-order valence-electron chi connectivity index (χ0n) is 11.8. The number of benzene rings is 2. The average Bonchev–Trinajstić information content (AvgIpc) is 3.05. The Morgan fingerprint density at radius 2 is 1.91 bits per heavy atom. The number of hydrogen-bond acceptors (Lipinski definition) is 4. The normalized spacial score (nSPS) is 10.4. The van der Waals surface area contributed by atoms with Crippen LogP contribution in [-0.4, -0.2) is 33.4 Å². The molecule has 0 aliphatic heterocycles. The summed E-state index contributed by atoms with van der Waals surface area (Å²) in [5.74, 6) is 0.782. The van der Waals surface area contributed by atoms with Crippen molar-refractivity contribution in [1.82, 2.24) is 15.2 Å². The molecule has 0 spiro atoms. The van der Waals surface area contributed by atoms with Crippen LogP contribution in [0.4, 0.5) is 0 Å². The van der Waals surface area contributed by atoms with Crippen molar-refractivity contribution >= 4 is 5.97 Å². The van der Waals surface area contributed by atoms with Crippen LogP contribution in [0.5, 0.6) is 5.75 Å². The predicted octanol–water partition coefficient (Wildman–Crippen LogP) is 2.85. The minimum absolute atomic E-state index is 0.199. The number of ether oxygens (including phenoxy) is 1. The molecule has 0 bridgehead atoms. The highest BCUT2D eigenvalue weighted by Crippen LogP contribution is 2.23. The highest BCUT2D eigenvalue weighted by atomic mass is 16.5. The van der Waals surface area contributed by atoms with Crippen molar-refractivity contribution in [3.05, 3.63) is 54.1 Å². The molecule has 1 aromatic heterocycles. The van der Waals surface area contributed by atoms with E-state index in [-0.39, 0.29) is 5.56 Å². The lowest BCUT2D eigenvalue weighted by Crippen LogP contribution is -1.96. The second kappa shape index (κ2) is 5.69. The van der Waals surface area contributed by atoms with E-state index in [4.69, 9.17) is 9.84 Å². The largest absolute Gasteiger partial charge is 0.497 e. The van der Waals surface area contributed by atoms with Crippen LogP contribution in [0.25, 0.3) is 22.8 Å². The Balaban J connectivity index is 1.96. The van der Waals surface area contributed by atoms with Gasteiger partial charge in [0.2, 0.25) is 0 Å². The maximum absolute atomic E-state index is 11.0. The van der Waals surface area contributed by atoms with E-state index < -0.39 is 5.97 Å². The number of H-pyrrole nitrogens is 1. The highest BCUT2D eigenvalue weighted by Gasteiger charge is 2.10. The van der Waals surface area contributed by atoms with Crippen LogP contribution in [0.1, 0.15) is 10.4 Å². The molecule has 2 aromatic carbocycles. The molecule has 0 aliphatic rings. The van der Waals surface area contributed by atoms with Crippen molar-refractivity contribution in [3.8, 4) is 28.5 Å². The van der Waals surface area contributed by atoms with Crippen molar-refractivity contribution in [2.24, 2.45) is 0 Å². The van der Waals surface area contributed by atoms with Gasteiger partial charge >= 0.3 is 5.97 Å². The van der Waals surface area contributed by atoms with Gasteiger partial charge in [-0.1, -0.05) is 24.3 Å². The quantitative estimate of drug-likeness (QED) is 0.772. The van der Waals surface area contributed by atoms with Gasteiger partial charge in [-0.15, -0.1) is 0 Å². The Morgan fingerprint density at radius 1 is 1.14 bits per heavy atom. The molecule has 0 fully saturated rings. The Kier molecular flexibility index (Phi) is 3.57. The maximum Gasteiger partial charge on any atom is 0.335 e. The van der Waals surface area contributed by atoms with Crippen LogP contribution in [0.2, 0.25) is 0 Å². The van der Waals surface area contributed by atoms with E-state index in [0.29, 0.717) is 17.2 Å². The Morgan fingerprint density at radius 3 is 2.68 bits per heavy atom. The number of nitrogens with zero attached hydrogens (tertiary/aromatic N) is 2. The zero-order valence-corrected chi connectivity index (χ0v) is 11.8. The van der Waals surface area contributed by atoms with Crippen LogP contribution in [0.3, 0.4) is 0 Å². The number of methoxy groups -OCH3 is 1. The molecule has 0 saturated carbocycles. The van der Waals surface area contributed by atoms with Crippen molar-refractivity contribution in [3.63, 3.8) is 0 Å². The molecule has 0 amide bonds. The molecule has 0 radical (unpaired) electrons. The number of carboxylic acid groups (broad SMARTS) is 1. The first kappa shape index (κ1) is 13.8. The summed E-state index contributed by atoms with van der Waals surface area (Å²) in [4.78, 5) is 15.4. The summed E-state index contributed by atoms with van der Waals surface area (Å²) in [6.07, 6.45) is 0. The SMILES string of the molecule is COc1cccc(-c2nc(-c3cccc(C(=O)O)c3)n[nH]2)c1. The number of aromatic nitrogens is 3. The van der Waals surface area contributed by atoms with E-state index in [1.54, 1.807) is 25.3 Å². The summed E-state index contributed by atoms with van der Waals surface area (Å²) >= 11 is 0. The number of aromatic amines is 1. The van der Waals surface area contributed by atoms with E-state index in [0.717, 1.165) is 11.3 Å². The Hall–Kier alpha value is -3.15. The fourth-order valence-electron chi connectivity index (χ4n) is 2.08. The van der Waals surface area contributed by atoms with Crippen molar-refractivity contribution < 1.29 is 14.6 Å². The van der Waals surface area contributed by atoms with E-state index >= 15 is 0 Å². The van der Waals surface area contributed by atoms with Crippen LogP contribution in [-0.2, 0) is 0 Å². The Bertz CT molecular complexity index is 827. The monoisotopic (exact) mass is 295 g/mol. The molecule has 6 heteroatoms. The topological polar surface area (TPSA) is 88.1 Å². The average molecular weight is 295 g/mol. The maximum atomic E-state index is 11.0. The number of nitrogens with one attached hydrogen (secondary N) is 1. The van der Waals surface area contributed by atoms with E-state index in [1.807, 2.05) is 24.3 Å². The summed E-state index contributed by atoms with van der Waals surface area (Å²) in [7, 11) is 1.60. The lowest BCUT2D eigenvalue weighted by molar-refractivity contribution is 0.0697. The molecular weight excluding hydrogens is 282 g/mol. The van der Waals surface area contributed by atoms with Gasteiger partial charge in [-0.05, 0) is 24.3 Å². The summed E-state index contributed by atoms with van der Waals surface area (Å²) in [5.41, 5.74) is 1.68. The van der Waals surface area contributed by atoms with Crippen molar-refractivity contribution in [2.45, 2.75) is 0 Å². The molecule has 0 atom stereocenters. The fraction of sp³-hybridized carbons (Fsp3) is 0.0625. The smallest absolute Gasteiger partial charge is 0.335 e. The van der Waals surface area contributed by atoms with Gasteiger partial charge < -0.3 is 9.84 Å². The first-order valence-corrected chi connectivity index (χ1v) is 6.58. The number of aromatic carboxylic acids is 1. The van der Waals surface area contributed by atoms with E-state index in [9.17, 15) is 4.79 Å². The third-order valence-corrected chi connectivity index (χ3v) is 3.20. The molecule has 3 aromatic rings. The molecule has 2 N–H and O–H groups in total. The third kappa shape index (κ3) is 2.67. The summed E-state index contributed by atoms with van der Waals surface area (Å²) in [5, 5.41) is 16.0. The molecule has 110 valence electrons. The van der Waals surface area contributed by atoms with Crippen molar-refractivity contribution in [1.29, 1.82) is 0 Å². The molecule has 6 nitrogen and oxygen atoms in total. The molecule has 0 unspecified atom stereocenters. The highest BCUT2D eigenvalue weighted by molar-refractivity contribution is 5.89. The minimum atomic E-state index is -0.981. The van der Waals surface area contributed by atoms with Crippen LogP contribution in [0.15, 0.2) is 48.5 Å². The first-order valence-electron chi connectivity index (χ1n) is 6.58. The van der Waals surface area contributed by atoms with Gasteiger partial charge in [0.05, 0.1) is 12.7 Å². The Labute approximate surface area is 126 Å². The second-order valence-corrected chi connectivity index (χ2v) is 4.63. The van der Waals surface area contributed by atoms with Gasteiger partial charge in [0, 0.05) is 11.1 Å². The molecule has 0 aliphatic carbocycles. The van der Waals surface area contributed by atoms with Crippen molar-refractivity contribution in [2.75, 3.05) is 7.11 Å². The summed E-state index contributed by atoms with van der Waals surface area (Å²) < 4.78 is 5.18. The standard InChI is InChI=1S/C16H13N3O3/c1-22-13-7-3-5-11(9-13)15-17-14(18-19-15)10-4-2-6-12(8-10)16(20)21/h2-9H,1H3,(H,20,21)(H,17,18,19). The minimum Gasteiger partial charge on any atom is -0.497 e. The van der Waals surface area contributed by atoms with Gasteiger partial charge in [-0.25, -0.2) is 9.78 Å². The van der Waals surface area contributed by atoms with Gasteiger partial charge in [0.1, 0.15) is 5.75 Å². The second-order valence-electron chi connectivity index (χ2n) is 4.63. The number of carbonyl (C=O) groups is 1. The molecule has 22 heavy (non-hydrogen) atoms. The number of carboxylic acids is 1.